The number of nitrogens with one attached hydrogen (secondary N) is 2. The van der Waals surface area contributed by atoms with E-state index in [1.165, 1.54) is 12.3 Å². The zero-order chi connectivity index (χ0) is 21.8. The average molecular weight is 416 g/mol. The summed E-state index contributed by atoms with van der Waals surface area (Å²) in [4.78, 5) is 25.3. The van der Waals surface area contributed by atoms with Gasteiger partial charge in [-0.3, -0.25) is 20.4 Å². The first-order valence-corrected chi connectivity index (χ1v) is 9.51. The van der Waals surface area contributed by atoms with Crippen LogP contribution in [0.15, 0.2) is 77.5 Å². The second kappa shape index (κ2) is 8.58. The molecule has 4 rings (SSSR count). The number of carbonyl (C=O) groups is 2. The van der Waals surface area contributed by atoms with Crippen molar-refractivity contribution in [3.63, 3.8) is 0 Å². The Balaban J connectivity index is 1.68. The van der Waals surface area contributed by atoms with Gasteiger partial charge in [0.2, 0.25) is 0 Å². The third-order valence-electron chi connectivity index (χ3n) is 4.73. The van der Waals surface area contributed by atoms with Crippen molar-refractivity contribution in [2.75, 3.05) is 7.11 Å². The highest BCUT2D eigenvalue weighted by molar-refractivity contribution is 6.03. The molecule has 2 aromatic carbocycles. The number of methoxy groups -OCH3 is 1. The molecule has 8 nitrogen and oxygen atoms in total. The molecule has 0 radical (unpaired) electrons. The van der Waals surface area contributed by atoms with E-state index in [9.17, 15) is 9.59 Å². The molecule has 0 bridgehead atoms. The van der Waals surface area contributed by atoms with Gasteiger partial charge < -0.3 is 9.15 Å². The summed E-state index contributed by atoms with van der Waals surface area (Å²) in [6.07, 6.45) is 3.03. The fourth-order valence-corrected chi connectivity index (χ4v) is 3.16. The zero-order valence-corrected chi connectivity index (χ0v) is 17.0. The summed E-state index contributed by atoms with van der Waals surface area (Å²) in [6, 6.07) is 18.2. The van der Waals surface area contributed by atoms with E-state index in [0.29, 0.717) is 28.3 Å². The number of carbonyl (C=O) groups excluding carboxylic acids is 2. The largest absolute Gasteiger partial charge is 0.496 e. The van der Waals surface area contributed by atoms with E-state index in [0.717, 1.165) is 5.69 Å². The molecule has 31 heavy (non-hydrogen) atoms. The SMILES string of the molecule is COc1ccccc1-c1nn(-c2ccccc2)cc1C(=O)NNC(=O)c1ccoc1C. The van der Waals surface area contributed by atoms with Gasteiger partial charge >= 0.3 is 0 Å². The van der Waals surface area contributed by atoms with E-state index in [2.05, 4.69) is 16.0 Å². The van der Waals surface area contributed by atoms with Crippen molar-refractivity contribution >= 4 is 11.8 Å². The van der Waals surface area contributed by atoms with Crippen LogP contribution in [0.3, 0.4) is 0 Å². The van der Waals surface area contributed by atoms with E-state index in [1.807, 2.05) is 48.5 Å². The Labute approximate surface area is 178 Å². The summed E-state index contributed by atoms with van der Waals surface area (Å²) in [7, 11) is 1.56. The molecule has 2 aromatic heterocycles. The minimum absolute atomic E-state index is 0.276. The van der Waals surface area contributed by atoms with Gasteiger partial charge in [-0.05, 0) is 37.3 Å². The van der Waals surface area contributed by atoms with Gasteiger partial charge in [0.05, 0.1) is 30.2 Å². The predicted molar refractivity (Wildman–Crippen MR) is 114 cm³/mol. The van der Waals surface area contributed by atoms with Gasteiger partial charge in [0.1, 0.15) is 17.2 Å². The van der Waals surface area contributed by atoms with Crippen LogP contribution >= 0.6 is 0 Å². The van der Waals surface area contributed by atoms with Crippen LogP contribution in [-0.4, -0.2) is 28.7 Å². The van der Waals surface area contributed by atoms with E-state index in [1.54, 1.807) is 31.0 Å². The molecular formula is C23H20N4O4. The van der Waals surface area contributed by atoms with E-state index < -0.39 is 11.8 Å². The minimum atomic E-state index is -0.516. The maximum absolute atomic E-state index is 13.0. The highest BCUT2D eigenvalue weighted by Gasteiger charge is 2.22. The summed E-state index contributed by atoms with van der Waals surface area (Å²) in [5, 5.41) is 4.62. The van der Waals surface area contributed by atoms with Crippen molar-refractivity contribution < 1.29 is 18.7 Å². The van der Waals surface area contributed by atoms with Gasteiger partial charge in [-0.2, -0.15) is 5.10 Å². The number of nitrogens with zero attached hydrogens (tertiary/aromatic N) is 2. The van der Waals surface area contributed by atoms with Crippen molar-refractivity contribution in [1.82, 2.24) is 20.6 Å². The Morgan fingerprint density at radius 2 is 1.61 bits per heavy atom. The first-order chi connectivity index (χ1) is 15.1. The molecular weight excluding hydrogens is 396 g/mol. The Morgan fingerprint density at radius 3 is 2.29 bits per heavy atom. The molecule has 0 unspecified atom stereocenters. The molecule has 0 saturated heterocycles. The van der Waals surface area contributed by atoms with Gasteiger partial charge in [0.15, 0.2) is 0 Å². The van der Waals surface area contributed by atoms with Crippen LogP contribution in [0.25, 0.3) is 16.9 Å². The number of ether oxygens (including phenoxy) is 1. The number of amides is 2. The molecule has 2 heterocycles. The molecule has 0 aliphatic rings. The minimum Gasteiger partial charge on any atom is -0.496 e. The lowest BCUT2D eigenvalue weighted by Gasteiger charge is -2.09. The van der Waals surface area contributed by atoms with Crippen molar-refractivity contribution in [1.29, 1.82) is 0 Å². The van der Waals surface area contributed by atoms with Gasteiger partial charge in [-0.1, -0.05) is 30.3 Å². The Kier molecular flexibility index (Phi) is 5.53. The van der Waals surface area contributed by atoms with E-state index in [4.69, 9.17) is 9.15 Å². The number of furan rings is 1. The highest BCUT2D eigenvalue weighted by atomic mass is 16.5. The zero-order valence-electron chi connectivity index (χ0n) is 17.0. The van der Waals surface area contributed by atoms with Gasteiger partial charge in [0.25, 0.3) is 11.8 Å². The summed E-state index contributed by atoms with van der Waals surface area (Å²) < 4.78 is 12.2. The Bertz CT molecular complexity index is 1230. The fraction of sp³-hybridized carbons (Fsp3) is 0.0870. The lowest BCUT2D eigenvalue weighted by atomic mass is 10.1. The molecule has 156 valence electrons. The standard InChI is InChI=1S/C23H20N4O4/c1-15-17(12-13-31-15)22(28)24-25-23(29)19-14-27(16-8-4-3-5-9-16)26-21(19)18-10-6-7-11-20(18)30-2/h3-14H,1-2H3,(H,24,28)(H,25,29). The highest BCUT2D eigenvalue weighted by Crippen LogP contribution is 2.31. The van der Waals surface area contributed by atoms with Crippen molar-refractivity contribution in [3.8, 4) is 22.7 Å². The molecule has 0 atom stereocenters. The van der Waals surface area contributed by atoms with Crippen molar-refractivity contribution in [2.24, 2.45) is 0 Å². The summed E-state index contributed by atoms with van der Waals surface area (Å²) >= 11 is 0. The normalized spacial score (nSPS) is 10.5. The topological polar surface area (TPSA) is 98.4 Å². The molecule has 0 saturated carbocycles. The second-order valence-electron chi connectivity index (χ2n) is 6.67. The lowest BCUT2D eigenvalue weighted by Crippen LogP contribution is -2.41. The third-order valence-corrected chi connectivity index (χ3v) is 4.73. The van der Waals surface area contributed by atoms with Crippen LogP contribution in [0.4, 0.5) is 0 Å². The van der Waals surface area contributed by atoms with Crippen LogP contribution < -0.4 is 15.6 Å². The van der Waals surface area contributed by atoms with E-state index in [-0.39, 0.29) is 5.56 Å². The smallest absolute Gasteiger partial charge is 0.273 e. The van der Waals surface area contributed by atoms with Crippen LogP contribution in [0.5, 0.6) is 5.75 Å². The molecule has 4 aromatic rings. The van der Waals surface area contributed by atoms with E-state index >= 15 is 0 Å². The first-order valence-electron chi connectivity index (χ1n) is 9.51. The van der Waals surface area contributed by atoms with Crippen LogP contribution in [0.2, 0.25) is 0 Å². The summed E-state index contributed by atoms with van der Waals surface area (Å²) in [6.45, 7) is 1.67. The van der Waals surface area contributed by atoms with Crippen LogP contribution in [0, 0.1) is 6.92 Å². The molecule has 0 aliphatic heterocycles. The third kappa shape index (κ3) is 4.04. The van der Waals surface area contributed by atoms with Gasteiger partial charge in [-0.25, -0.2) is 4.68 Å². The summed E-state index contributed by atoms with van der Waals surface area (Å²) in [5.74, 6) is 0.0396. The van der Waals surface area contributed by atoms with Crippen molar-refractivity contribution in [3.05, 3.63) is 90.0 Å². The predicted octanol–water partition coefficient (Wildman–Crippen LogP) is 3.52. The molecule has 0 spiro atoms. The molecule has 0 aliphatic carbocycles. The first kappa shape index (κ1) is 20.0. The van der Waals surface area contributed by atoms with Gasteiger partial charge in [0, 0.05) is 11.8 Å². The number of hydrogen-bond donors (Lipinski definition) is 2. The molecule has 2 N–H and O–H groups in total. The number of aryl methyl sites for hydroxylation is 1. The van der Waals surface area contributed by atoms with Gasteiger partial charge in [-0.15, -0.1) is 0 Å². The molecule has 0 fully saturated rings. The summed E-state index contributed by atoms with van der Waals surface area (Å²) in [5.41, 5.74) is 7.35. The fourth-order valence-electron chi connectivity index (χ4n) is 3.16. The monoisotopic (exact) mass is 416 g/mol. The number of benzene rings is 2. The quantitative estimate of drug-likeness (QED) is 0.485. The number of hydrazine groups is 1. The maximum Gasteiger partial charge on any atom is 0.273 e. The molecule has 2 amide bonds. The second-order valence-corrected chi connectivity index (χ2v) is 6.67. The number of rotatable bonds is 5. The molecule has 8 heteroatoms. The Hall–Kier alpha value is -4.33. The number of hydrogen-bond acceptors (Lipinski definition) is 5. The maximum atomic E-state index is 13.0. The number of aromatic nitrogens is 2. The van der Waals surface area contributed by atoms with Crippen LogP contribution in [-0.2, 0) is 0 Å². The van der Waals surface area contributed by atoms with Crippen molar-refractivity contribution in [2.45, 2.75) is 6.92 Å². The Morgan fingerprint density at radius 1 is 0.935 bits per heavy atom. The average Bonchev–Trinajstić information content (AvgIpc) is 3.44. The van der Waals surface area contributed by atoms with Crippen LogP contribution in [0.1, 0.15) is 26.5 Å². The lowest BCUT2D eigenvalue weighted by molar-refractivity contribution is 0.0846. The number of para-hydroxylation sites is 2.